The van der Waals surface area contributed by atoms with E-state index in [0.29, 0.717) is 25.3 Å². The van der Waals surface area contributed by atoms with Crippen LogP contribution in [-0.2, 0) is 16.0 Å². The number of carbonyl (C=O) groups excluding carboxylic acids is 2. The van der Waals surface area contributed by atoms with E-state index in [-0.39, 0.29) is 35.8 Å². The lowest BCUT2D eigenvalue weighted by Gasteiger charge is -2.34. The van der Waals surface area contributed by atoms with Gasteiger partial charge in [-0.15, -0.1) is 24.0 Å². The second-order valence-electron chi connectivity index (χ2n) is 7.63. The van der Waals surface area contributed by atoms with Crippen molar-refractivity contribution in [3.63, 3.8) is 0 Å². The maximum atomic E-state index is 12.6. The molecule has 2 amide bonds. The number of rotatable bonds is 6. The molecule has 1 aromatic carbocycles. The van der Waals surface area contributed by atoms with Crippen molar-refractivity contribution in [2.75, 3.05) is 38.1 Å². The van der Waals surface area contributed by atoms with Crippen LogP contribution in [0.15, 0.2) is 29.3 Å². The molecule has 1 saturated heterocycles. The predicted molar refractivity (Wildman–Crippen MR) is 127 cm³/mol. The smallest absolute Gasteiger partial charge is 0.227 e. The third kappa shape index (κ3) is 6.32. The molecule has 3 rings (SSSR count). The monoisotopic (exact) mass is 513 g/mol. The van der Waals surface area contributed by atoms with E-state index in [1.165, 1.54) is 5.56 Å². The number of anilines is 1. The zero-order valence-electron chi connectivity index (χ0n) is 17.1. The van der Waals surface area contributed by atoms with Crippen LogP contribution in [0.2, 0.25) is 0 Å². The van der Waals surface area contributed by atoms with Gasteiger partial charge in [0.05, 0.1) is 0 Å². The number of piperidine rings is 1. The summed E-state index contributed by atoms with van der Waals surface area (Å²) in [5.74, 6) is 1.08. The fraction of sp³-hybridized carbons (Fsp3) is 0.571. The number of guanidine groups is 1. The van der Waals surface area contributed by atoms with E-state index in [1.54, 1.807) is 7.05 Å². The van der Waals surface area contributed by atoms with Gasteiger partial charge in [-0.2, -0.15) is 0 Å². The third-order valence-corrected chi connectivity index (χ3v) is 5.56. The zero-order valence-corrected chi connectivity index (χ0v) is 19.4. The molecule has 1 aromatic rings. The van der Waals surface area contributed by atoms with Crippen molar-refractivity contribution in [3.8, 4) is 0 Å². The Morgan fingerprint density at radius 3 is 2.83 bits per heavy atom. The summed E-state index contributed by atoms with van der Waals surface area (Å²) in [6, 6.07) is 8.13. The molecule has 3 N–H and O–H groups in total. The van der Waals surface area contributed by atoms with Crippen LogP contribution in [0.25, 0.3) is 0 Å². The van der Waals surface area contributed by atoms with Crippen LogP contribution in [0.5, 0.6) is 0 Å². The van der Waals surface area contributed by atoms with Crippen molar-refractivity contribution in [3.05, 3.63) is 29.8 Å². The second-order valence-corrected chi connectivity index (χ2v) is 7.63. The number of likely N-dealkylation sites (tertiary alicyclic amines) is 1. The molecule has 1 atom stereocenters. The summed E-state index contributed by atoms with van der Waals surface area (Å²) in [4.78, 5) is 32.2. The van der Waals surface area contributed by atoms with Gasteiger partial charge in [0, 0.05) is 51.8 Å². The highest BCUT2D eigenvalue weighted by Gasteiger charge is 2.25. The van der Waals surface area contributed by atoms with Gasteiger partial charge in [0.25, 0.3) is 0 Å². The van der Waals surface area contributed by atoms with Crippen molar-refractivity contribution in [2.24, 2.45) is 16.6 Å². The minimum atomic E-state index is -0.239. The van der Waals surface area contributed by atoms with E-state index in [2.05, 4.69) is 21.3 Å². The number of benzene rings is 1. The Hall–Kier alpha value is -1.84. The molecule has 160 valence electrons. The van der Waals surface area contributed by atoms with Gasteiger partial charge in [-0.25, -0.2) is 0 Å². The van der Waals surface area contributed by atoms with Crippen molar-refractivity contribution in [2.45, 2.75) is 38.5 Å². The average Bonchev–Trinajstić information content (AvgIpc) is 3.12. The maximum Gasteiger partial charge on any atom is 0.227 e. The van der Waals surface area contributed by atoms with Gasteiger partial charge in [0.15, 0.2) is 5.96 Å². The second kappa shape index (κ2) is 11.4. The standard InChI is InChI=1S/C21H31N5O2.HI/c1-23-21(25-12-5-6-16(15-25)14-19(22)27)24-11-4-9-20(28)26-13-10-17-7-2-3-8-18(17)26;/h2-3,7-8,16H,4-6,9-15H2,1H3,(H2,22,27)(H,23,24);1H. The van der Waals surface area contributed by atoms with Gasteiger partial charge in [-0.05, 0) is 43.2 Å². The predicted octanol–water partition coefficient (Wildman–Crippen LogP) is 2.14. The summed E-state index contributed by atoms with van der Waals surface area (Å²) >= 11 is 0. The molecule has 2 heterocycles. The molecule has 1 unspecified atom stereocenters. The first kappa shape index (κ1) is 23.4. The Bertz CT molecular complexity index is 740. The van der Waals surface area contributed by atoms with Crippen LogP contribution in [0, 0.1) is 5.92 Å². The first-order valence-electron chi connectivity index (χ1n) is 10.2. The van der Waals surface area contributed by atoms with Gasteiger partial charge in [0.1, 0.15) is 0 Å². The van der Waals surface area contributed by atoms with E-state index < -0.39 is 0 Å². The van der Waals surface area contributed by atoms with Crippen LogP contribution in [-0.4, -0.2) is 55.9 Å². The molecular weight excluding hydrogens is 481 g/mol. The topological polar surface area (TPSA) is 91.0 Å². The van der Waals surface area contributed by atoms with Gasteiger partial charge >= 0.3 is 0 Å². The first-order valence-corrected chi connectivity index (χ1v) is 10.2. The maximum absolute atomic E-state index is 12.6. The SMILES string of the molecule is CN=C(NCCCC(=O)N1CCc2ccccc21)N1CCCC(CC(N)=O)C1.I. The van der Waals surface area contributed by atoms with Crippen LogP contribution >= 0.6 is 24.0 Å². The molecule has 7 nitrogen and oxygen atoms in total. The molecule has 2 aliphatic heterocycles. The normalized spacial score (nSPS) is 18.8. The molecule has 0 aliphatic carbocycles. The number of halogens is 1. The highest BCUT2D eigenvalue weighted by molar-refractivity contribution is 14.0. The van der Waals surface area contributed by atoms with Gasteiger partial charge in [-0.3, -0.25) is 14.6 Å². The lowest BCUT2D eigenvalue weighted by molar-refractivity contribution is -0.119. The molecule has 0 radical (unpaired) electrons. The molecule has 0 saturated carbocycles. The number of fused-ring (bicyclic) bond motifs is 1. The van der Waals surface area contributed by atoms with Gasteiger partial charge in [0.2, 0.25) is 11.8 Å². The minimum absolute atomic E-state index is 0. The fourth-order valence-electron chi connectivity index (χ4n) is 4.21. The van der Waals surface area contributed by atoms with Crippen molar-refractivity contribution in [1.82, 2.24) is 10.2 Å². The number of nitrogens with zero attached hydrogens (tertiary/aromatic N) is 3. The highest BCUT2D eigenvalue weighted by Crippen LogP contribution is 2.28. The van der Waals surface area contributed by atoms with E-state index in [4.69, 9.17) is 5.73 Å². The Balaban J connectivity index is 0.00000300. The minimum Gasteiger partial charge on any atom is -0.370 e. The Morgan fingerprint density at radius 2 is 2.07 bits per heavy atom. The van der Waals surface area contributed by atoms with E-state index in [1.807, 2.05) is 23.1 Å². The van der Waals surface area contributed by atoms with Crippen molar-refractivity contribution >= 4 is 47.4 Å². The number of nitrogens with one attached hydrogen (secondary N) is 1. The number of primary amides is 1. The molecule has 0 aromatic heterocycles. The van der Waals surface area contributed by atoms with Crippen molar-refractivity contribution < 1.29 is 9.59 Å². The first-order chi connectivity index (χ1) is 13.6. The van der Waals surface area contributed by atoms with Gasteiger partial charge < -0.3 is 20.9 Å². The molecule has 2 aliphatic rings. The quantitative estimate of drug-likeness (QED) is 0.264. The van der Waals surface area contributed by atoms with Crippen LogP contribution < -0.4 is 16.0 Å². The fourth-order valence-corrected chi connectivity index (χ4v) is 4.21. The van der Waals surface area contributed by atoms with Crippen LogP contribution in [0.4, 0.5) is 5.69 Å². The number of amides is 2. The lowest BCUT2D eigenvalue weighted by atomic mass is 9.95. The number of carbonyl (C=O) groups is 2. The number of hydrogen-bond acceptors (Lipinski definition) is 3. The lowest BCUT2D eigenvalue weighted by Crippen LogP contribution is -2.47. The molecular formula is C21H32IN5O2. The number of nitrogens with two attached hydrogens (primary N) is 1. The Kier molecular flexibility index (Phi) is 9.19. The Morgan fingerprint density at radius 1 is 1.28 bits per heavy atom. The van der Waals surface area contributed by atoms with Crippen molar-refractivity contribution in [1.29, 1.82) is 0 Å². The Labute approximate surface area is 190 Å². The summed E-state index contributed by atoms with van der Waals surface area (Å²) in [6.07, 6.45) is 4.71. The zero-order chi connectivity index (χ0) is 19.9. The molecule has 29 heavy (non-hydrogen) atoms. The molecule has 0 spiro atoms. The highest BCUT2D eigenvalue weighted by atomic mass is 127. The van der Waals surface area contributed by atoms with E-state index >= 15 is 0 Å². The largest absolute Gasteiger partial charge is 0.370 e. The summed E-state index contributed by atoms with van der Waals surface area (Å²) in [7, 11) is 1.77. The summed E-state index contributed by atoms with van der Waals surface area (Å²) < 4.78 is 0. The molecule has 0 bridgehead atoms. The van der Waals surface area contributed by atoms with Gasteiger partial charge in [-0.1, -0.05) is 18.2 Å². The summed E-state index contributed by atoms with van der Waals surface area (Å²) in [5, 5.41) is 3.37. The molecule has 1 fully saturated rings. The molecule has 8 heteroatoms. The van der Waals surface area contributed by atoms with Crippen LogP contribution in [0.1, 0.15) is 37.7 Å². The number of aliphatic imine (C=N–C) groups is 1. The average molecular weight is 513 g/mol. The number of para-hydroxylation sites is 1. The third-order valence-electron chi connectivity index (χ3n) is 5.56. The van der Waals surface area contributed by atoms with E-state index in [0.717, 1.165) is 57.0 Å². The van der Waals surface area contributed by atoms with Crippen LogP contribution in [0.3, 0.4) is 0 Å². The van der Waals surface area contributed by atoms with E-state index in [9.17, 15) is 9.59 Å². The summed E-state index contributed by atoms with van der Waals surface area (Å²) in [6.45, 7) is 3.21. The summed E-state index contributed by atoms with van der Waals surface area (Å²) in [5.41, 5.74) is 7.66. The number of hydrogen-bond donors (Lipinski definition) is 2.